The summed E-state index contributed by atoms with van der Waals surface area (Å²) in [7, 11) is 0. The molecule has 164 valence electrons. The molecule has 10 heteroatoms. The molecule has 3 amide bonds. The molecule has 0 aromatic heterocycles. The van der Waals surface area contributed by atoms with Gasteiger partial charge in [0.2, 0.25) is 5.91 Å². The van der Waals surface area contributed by atoms with Crippen LogP contribution in [-0.4, -0.2) is 79.4 Å². The maximum absolute atomic E-state index is 13.4. The van der Waals surface area contributed by atoms with Crippen molar-refractivity contribution < 1.29 is 27.5 Å². The van der Waals surface area contributed by atoms with Crippen LogP contribution in [-0.2, 0) is 9.53 Å². The molecule has 4 rings (SSSR count). The molecule has 1 unspecified atom stereocenters. The molecule has 2 N–H and O–H groups in total. The maximum Gasteiger partial charge on any atom is 0.407 e. The van der Waals surface area contributed by atoms with Crippen LogP contribution in [0.15, 0.2) is 30.3 Å². The highest BCUT2D eigenvalue weighted by Crippen LogP contribution is 2.33. The summed E-state index contributed by atoms with van der Waals surface area (Å²) in [4.78, 5) is 27.5. The summed E-state index contributed by atoms with van der Waals surface area (Å²) in [5.41, 5.74) is 0.178. The molecule has 30 heavy (non-hydrogen) atoms. The monoisotopic (exact) mass is 426 g/mol. The number of carbonyl (C=O) groups is 2. The number of fused-ring (bicyclic) bond motifs is 1. The summed E-state index contributed by atoms with van der Waals surface area (Å²) in [5, 5.41) is 5.47. The van der Waals surface area contributed by atoms with E-state index in [0.717, 1.165) is 0 Å². The van der Waals surface area contributed by atoms with E-state index in [9.17, 15) is 22.8 Å². The van der Waals surface area contributed by atoms with Crippen LogP contribution in [0.25, 0.3) is 0 Å². The van der Waals surface area contributed by atoms with Gasteiger partial charge < -0.3 is 25.2 Å². The summed E-state index contributed by atoms with van der Waals surface area (Å²) in [6, 6.07) is 5.70. The van der Waals surface area contributed by atoms with Gasteiger partial charge in [0.15, 0.2) is 0 Å². The Balaban J connectivity index is 1.25. The van der Waals surface area contributed by atoms with Crippen molar-refractivity contribution in [1.29, 1.82) is 0 Å². The van der Waals surface area contributed by atoms with Gasteiger partial charge in [-0.1, -0.05) is 30.3 Å². The summed E-state index contributed by atoms with van der Waals surface area (Å²) < 4.78 is 45.7. The summed E-state index contributed by atoms with van der Waals surface area (Å²) in [6.45, 7) is 1.99. The Labute approximate surface area is 172 Å². The maximum atomic E-state index is 13.4. The van der Waals surface area contributed by atoms with Crippen molar-refractivity contribution in [3.63, 3.8) is 0 Å². The number of halogens is 3. The lowest BCUT2D eigenvalue weighted by Crippen LogP contribution is -2.64. The number of amides is 3. The molecule has 3 heterocycles. The number of ether oxygens (including phenoxy) is 1. The van der Waals surface area contributed by atoms with Crippen LogP contribution in [0.1, 0.15) is 18.0 Å². The zero-order valence-electron chi connectivity index (χ0n) is 16.4. The van der Waals surface area contributed by atoms with E-state index in [4.69, 9.17) is 4.74 Å². The number of nitrogens with one attached hydrogen (secondary N) is 2. The fourth-order valence-electron chi connectivity index (χ4n) is 4.28. The van der Waals surface area contributed by atoms with Crippen molar-refractivity contribution in [1.82, 2.24) is 20.4 Å². The Hall–Kier alpha value is -2.33. The van der Waals surface area contributed by atoms with Gasteiger partial charge in [-0.3, -0.25) is 4.79 Å². The second-order valence-corrected chi connectivity index (χ2v) is 8.11. The molecular formula is C20H25F3N4O3. The first kappa shape index (κ1) is 20.9. The van der Waals surface area contributed by atoms with Crippen molar-refractivity contribution in [3.05, 3.63) is 35.9 Å². The fourth-order valence-corrected chi connectivity index (χ4v) is 4.28. The van der Waals surface area contributed by atoms with Crippen LogP contribution >= 0.6 is 0 Å². The average Bonchev–Trinajstić information content (AvgIpc) is 2.68. The molecule has 3 aliphatic rings. The molecule has 1 aromatic carbocycles. The summed E-state index contributed by atoms with van der Waals surface area (Å²) in [6.07, 6.45) is -3.81. The van der Waals surface area contributed by atoms with Crippen molar-refractivity contribution in [3.8, 4) is 0 Å². The Morgan fingerprint density at radius 1 is 1.20 bits per heavy atom. The predicted octanol–water partition coefficient (Wildman–Crippen LogP) is 1.52. The van der Waals surface area contributed by atoms with Crippen LogP contribution in [0, 0.1) is 5.92 Å². The van der Waals surface area contributed by atoms with E-state index in [1.807, 2.05) is 0 Å². The van der Waals surface area contributed by atoms with Crippen molar-refractivity contribution in [2.75, 3.05) is 39.3 Å². The van der Waals surface area contributed by atoms with Crippen LogP contribution < -0.4 is 10.6 Å². The van der Waals surface area contributed by atoms with E-state index in [-0.39, 0.29) is 48.7 Å². The van der Waals surface area contributed by atoms with E-state index in [1.165, 1.54) is 12.1 Å². The molecule has 3 aliphatic heterocycles. The lowest BCUT2D eigenvalue weighted by molar-refractivity contribution is -0.158. The second kappa shape index (κ2) is 8.43. The van der Waals surface area contributed by atoms with Gasteiger partial charge in [0.05, 0.1) is 12.1 Å². The van der Waals surface area contributed by atoms with Crippen LogP contribution in [0.5, 0.6) is 0 Å². The molecule has 0 bridgehead atoms. The third-order valence-electron chi connectivity index (χ3n) is 5.89. The molecule has 7 nitrogen and oxygen atoms in total. The summed E-state index contributed by atoms with van der Waals surface area (Å²) >= 11 is 0. The van der Waals surface area contributed by atoms with Crippen molar-refractivity contribution in [2.24, 2.45) is 5.92 Å². The molecule has 0 spiro atoms. The minimum Gasteiger partial charge on any atom is -0.366 e. The largest absolute Gasteiger partial charge is 0.407 e. The van der Waals surface area contributed by atoms with Gasteiger partial charge in [0, 0.05) is 38.6 Å². The molecule has 3 atom stereocenters. The first-order valence-electron chi connectivity index (χ1n) is 10.1. The smallest absolute Gasteiger partial charge is 0.366 e. The average molecular weight is 426 g/mol. The number of hydrogen-bond donors (Lipinski definition) is 2. The Kier molecular flexibility index (Phi) is 5.88. The fraction of sp³-hybridized carbons (Fsp3) is 0.600. The van der Waals surface area contributed by atoms with Gasteiger partial charge in [-0.05, 0) is 12.0 Å². The first-order valence-corrected chi connectivity index (χ1v) is 10.1. The van der Waals surface area contributed by atoms with Crippen LogP contribution in [0.4, 0.5) is 18.0 Å². The molecule has 0 radical (unpaired) electrons. The zero-order chi connectivity index (χ0) is 21.3. The third-order valence-corrected chi connectivity index (χ3v) is 5.89. The highest BCUT2D eigenvalue weighted by Gasteiger charge is 2.43. The van der Waals surface area contributed by atoms with Gasteiger partial charge in [-0.15, -0.1) is 0 Å². The Morgan fingerprint density at radius 2 is 1.93 bits per heavy atom. The summed E-state index contributed by atoms with van der Waals surface area (Å²) in [5.74, 6) is -0.212. The topological polar surface area (TPSA) is 73.9 Å². The van der Waals surface area contributed by atoms with E-state index < -0.39 is 12.2 Å². The number of morpholine rings is 1. The molecule has 0 aliphatic carbocycles. The standard InChI is InChI=1S/C20H25F3N4O3/c21-20(22,23)18(14-4-2-1-3-5-14)24-8-13-9-27(10-13)19(29)26-7-6-16-15(11-26)25-17(28)12-30-16/h1-5,13,15-16,18,24H,6-12H2,(H,25,28)/t15-,16+,18?/m1/s1. The van der Waals surface area contributed by atoms with E-state index in [2.05, 4.69) is 10.6 Å². The highest BCUT2D eigenvalue weighted by molar-refractivity contribution is 5.79. The van der Waals surface area contributed by atoms with Gasteiger partial charge in [-0.2, -0.15) is 13.2 Å². The first-order chi connectivity index (χ1) is 14.3. The lowest BCUT2D eigenvalue weighted by atomic mass is 9.98. The number of benzene rings is 1. The van der Waals surface area contributed by atoms with Crippen LogP contribution in [0.3, 0.4) is 0 Å². The number of urea groups is 1. The minimum atomic E-state index is -4.39. The molecule has 3 fully saturated rings. The number of likely N-dealkylation sites (tertiary alicyclic amines) is 2. The number of hydrogen-bond acceptors (Lipinski definition) is 4. The van der Waals surface area contributed by atoms with E-state index in [1.54, 1.807) is 28.0 Å². The third kappa shape index (κ3) is 4.54. The molecule has 1 aromatic rings. The minimum absolute atomic E-state index is 0.0298. The van der Waals surface area contributed by atoms with Gasteiger partial charge in [-0.25, -0.2) is 4.79 Å². The zero-order valence-corrected chi connectivity index (χ0v) is 16.4. The normalized spacial score (nSPS) is 25.9. The van der Waals surface area contributed by atoms with Gasteiger partial charge in [0.25, 0.3) is 0 Å². The second-order valence-electron chi connectivity index (χ2n) is 8.11. The molecule has 3 saturated heterocycles. The molecular weight excluding hydrogens is 401 g/mol. The van der Waals surface area contributed by atoms with Crippen molar-refractivity contribution >= 4 is 11.9 Å². The lowest BCUT2D eigenvalue weighted by Gasteiger charge is -2.46. The highest BCUT2D eigenvalue weighted by atomic mass is 19.4. The van der Waals surface area contributed by atoms with Crippen molar-refractivity contribution in [2.45, 2.75) is 30.8 Å². The quantitative estimate of drug-likeness (QED) is 0.766. The Morgan fingerprint density at radius 3 is 2.63 bits per heavy atom. The van der Waals surface area contributed by atoms with E-state index >= 15 is 0 Å². The number of carbonyl (C=O) groups excluding carboxylic acids is 2. The molecule has 0 saturated carbocycles. The Bertz CT molecular complexity index is 770. The predicted molar refractivity (Wildman–Crippen MR) is 102 cm³/mol. The SMILES string of the molecule is O=C1CO[C@H]2CCN(C(=O)N3CC(CNC(c4ccccc4)C(F)(F)F)C3)C[C@H]2N1. The van der Waals surface area contributed by atoms with Gasteiger partial charge >= 0.3 is 12.2 Å². The van der Waals surface area contributed by atoms with Crippen LogP contribution in [0.2, 0.25) is 0 Å². The number of alkyl halides is 3. The number of piperidine rings is 1. The van der Waals surface area contributed by atoms with Gasteiger partial charge in [0.1, 0.15) is 12.6 Å². The number of nitrogens with zero attached hydrogens (tertiary/aromatic N) is 2. The number of rotatable bonds is 4. The van der Waals surface area contributed by atoms with E-state index in [0.29, 0.717) is 32.6 Å².